The molecule has 0 bridgehead atoms. The number of hydrogen-bond donors (Lipinski definition) is 1. The number of benzene rings is 1. The van der Waals surface area contributed by atoms with Crippen LogP contribution < -0.4 is 5.73 Å². The zero-order valence-electron chi connectivity index (χ0n) is 17.8. The number of carbonyl (C=O) groups excluding carboxylic acids is 2. The number of nitrogens with two attached hydrogens (primary N) is 1. The van der Waals surface area contributed by atoms with Gasteiger partial charge in [-0.2, -0.15) is 0 Å². The van der Waals surface area contributed by atoms with E-state index in [1.54, 1.807) is 21.9 Å². The average Bonchev–Trinajstić information content (AvgIpc) is 3.04. The molecule has 30 heavy (non-hydrogen) atoms. The molecular weight excluding hydrogens is 423 g/mol. The Morgan fingerprint density at radius 2 is 1.87 bits per heavy atom. The van der Waals surface area contributed by atoms with E-state index in [0.717, 1.165) is 47.6 Å². The summed E-state index contributed by atoms with van der Waals surface area (Å²) in [6.07, 6.45) is 0.861. The second-order valence-electron chi connectivity index (χ2n) is 6.85. The van der Waals surface area contributed by atoms with Crippen molar-refractivity contribution in [2.75, 3.05) is 19.6 Å². The quantitative estimate of drug-likeness (QED) is 0.665. The molecule has 0 spiro atoms. The summed E-state index contributed by atoms with van der Waals surface area (Å²) in [5, 5.41) is 1.06. The van der Waals surface area contributed by atoms with Crippen molar-refractivity contribution >= 4 is 35.5 Å². The number of pyridine rings is 1. The van der Waals surface area contributed by atoms with Crippen LogP contribution in [0.25, 0.3) is 11.1 Å². The van der Waals surface area contributed by atoms with Gasteiger partial charge >= 0.3 is 0 Å². The van der Waals surface area contributed by atoms with E-state index in [-0.39, 0.29) is 5.91 Å². The summed E-state index contributed by atoms with van der Waals surface area (Å²) >= 11 is 12.4. The lowest BCUT2D eigenvalue weighted by Crippen LogP contribution is -2.23. The second kappa shape index (κ2) is 10.8. The third kappa shape index (κ3) is 4.94. The maximum atomic E-state index is 12.8. The van der Waals surface area contributed by atoms with Gasteiger partial charge in [-0.25, -0.2) is 0 Å². The summed E-state index contributed by atoms with van der Waals surface area (Å²) in [5.41, 5.74) is 10.6. The van der Waals surface area contributed by atoms with Crippen molar-refractivity contribution in [1.29, 1.82) is 0 Å². The van der Waals surface area contributed by atoms with E-state index in [0.29, 0.717) is 35.2 Å². The molecule has 2 heterocycles. The van der Waals surface area contributed by atoms with Gasteiger partial charge in [-0.1, -0.05) is 29.3 Å². The van der Waals surface area contributed by atoms with Crippen LogP contribution in [0.5, 0.6) is 0 Å². The molecule has 1 aliphatic heterocycles. The number of aryl methyl sites for hydroxylation is 1. The predicted molar refractivity (Wildman–Crippen MR) is 122 cm³/mol. The van der Waals surface area contributed by atoms with Crippen molar-refractivity contribution in [2.24, 2.45) is 5.73 Å². The van der Waals surface area contributed by atoms with E-state index in [1.807, 2.05) is 33.8 Å². The fourth-order valence-corrected chi connectivity index (χ4v) is 3.93. The van der Waals surface area contributed by atoms with E-state index in [9.17, 15) is 9.59 Å². The molecular formula is C22H28Cl2N4O2. The van der Waals surface area contributed by atoms with Crippen LogP contribution in [-0.4, -0.2) is 46.7 Å². The van der Waals surface area contributed by atoms with Crippen LogP contribution in [0.15, 0.2) is 18.2 Å². The summed E-state index contributed by atoms with van der Waals surface area (Å²) in [4.78, 5) is 30.7. The van der Waals surface area contributed by atoms with Gasteiger partial charge in [0.25, 0.3) is 5.91 Å². The minimum atomic E-state index is -0.0225. The van der Waals surface area contributed by atoms with Gasteiger partial charge in [-0.15, -0.1) is 0 Å². The van der Waals surface area contributed by atoms with Gasteiger partial charge in [0.15, 0.2) is 0 Å². The van der Waals surface area contributed by atoms with Crippen molar-refractivity contribution < 1.29 is 9.59 Å². The number of carbonyl (C=O) groups is 2. The highest BCUT2D eigenvalue weighted by molar-refractivity contribution is 6.36. The number of rotatable bonds is 6. The molecule has 3 rings (SSSR count). The number of aromatic nitrogens is 1. The van der Waals surface area contributed by atoms with Gasteiger partial charge in [-0.3, -0.25) is 14.6 Å². The molecule has 1 aromatic heterocycles. The molecule has 6 nitrogen and oxygen atoms in total. The van der Waals surface area contributed by atoms with E-state index in [1.165, 1.54) is 0 Å². The largest absolute Gasteiger partial charge is 0.346 e. The van der Waals surface area contributed by atoms with Gasteiger partial charge in [0.1, 0.15) is 0 Å². The summed E-state index contributed by atoms with van der Waals surface area (Å²) < 4.78 is 0. The van der Waals surface area contributed by atoms with Gasteiger partial charge < -0.3 is 15.5 Å². The molecule has 1 aliphatic rings. The van der Waals surface area contributed by atoms with Crippen molar-refractivity contribution in [3.05, 3.63) is 50.8 Å². The number of fused-ring (bicyclic) bond motifs is 1. The first-order valence-electron chi connectivity index (χ1n) is 9.99. The lowest BCUT2D eigenvalue weighted by molar-refractivity contribution is -0.117. The monoisotopic (exact) mass is 450 g/mol. The number of halogens is 2. The highest BCUT2D eigenvalue weighted by Crippen LogP contribution is 2.39. The molecule has 0 atom stereocenters. The van der Waals surface area contributed by atoms with Crippen LogP contribution in [0.2, 0.25) is 10.0 Å². The lowest BCUT2D eigenvalue weighted by atomic mass is 9.93. The van der Waals surface area contributed by atoms with Crippen LogP contribution in [-0.2, 0) is 17.9 Å². The van der Waals surface area contributed by atoms with Crippen molar-refractivity contribution in [3.63, 3.8) is 0 Å². The van der Waals surface area contributed by atoms with Crippen LogP contribution in [0.3, 0.4) is 0 Å². The minimum Gasteiger partial charge on any atom is -0.346 e. The fraction of sp³-hybridized carbons (Fsp3) is 0.409. The smallest absolute Gasteiger partial charge is 0.256 e. The second-order valence-corrected chi connectivity index (χ2v) is 7.69. The predicted octanol–water partition coefficient (Wildman–Crippen LogP) is 4.28. The Hall–Kier alpha value is -2.15. The maximum Gasteiger partial charge on any atom is 0.256 e. The van der Waals surface area contributed by atoms with Crippen molar-refractivity contribution in [2.45, 2.75) is 40.8 Å². The van der Waals surface area contributed by atoms with Crippen molar-refractivity contribution in [3.8, 4) is 11.1 Å². The topological polar surface area (TPSA) is 79.5 Å². The fourth-order valence-electron chi connectivity index (χ4n) is 3.42. The Bertz CT molecular complexity index is 930. The molecule has 0 radical (unpaired) electrons. The first-order chi connectivity index (χ1) is 14.3. The van der Waals surface area contributed by atoms with Gasteiger partial charge in [-0.05, 0) is 45.4 Å². The molecule has 0 unspecified atom stereocenters. The molecule has 0 fully saturated rings. The third-order valence-electron chi connectivity index (χ3n) is 5.17. The van der Waals surface area contributed by atoms with E-state index in [4.69, 9.17) is 28.9 Å². The molecule has 2 N–H and O–H groups in total. The first kappa shape index (κ1) is 24.1. The van der Waals surface area contributed by atoms with E-state index < -0.39 is 0 Å². The first-order valence-corrected chi connectivity index (χ1v) is 10.7. The summed E-state index contributed by atoms with van der Waals surface area (Å²) in [6, 6.07) is 5.28. The molecule has 8 heteroatoms. The van der Waals surface area contributed by atoms with Gasteiger partial charge in [0.05, 0.1) is 17.8 Å². The van der Waals surface area contributed by atoms with Gasteiger partial charge in [0, 0.05) is 53.0 Å². The standard InChI is InChI=1S/C17H17Cl2N3O.C5H11NO/c1-3-22-8-14-16(17(22)23)15(12(7-20)9(2)21-14)11-5-4-10(18)6-13(11)19;1-3-6(4-2)5-7/h4-6H,3,7-8,20H2,1-2H3;5H,3-4H2,1-2H3. The third-order valence-corrected chi connectivity index (χ3v) is 5.72. The van der Waals surface area contributed by atoms with Crippen LogP contribution in [0.4, 0.5) is 0 Å². The molecule has 0 aliphatic carbocycles. The van der Waals surface area contributed by atoms with Crippen LogP contribution >= 0.6 is 23.2 Å². The summed E-state index contributed by atoms with van der Waals surface area (Å²) in [5.74, 6) is -0.0225. The number of nitrogens with zero attached hydrogens (tertiary/aromatic N) is 3. The Kier molecular flexibility index (Phi) is 8.65. The molecule has 0 saturated heterocycles. The Morgan fingerprint density at radius 3 is 2.33 bits per heavy atom. The van der Waals surface area contributed by atoms with Gasteiger partial charge in [0.2, 0.25) is 6.41 Å². The average molecular weight is 451 g/mol. The Balaban J connectivity index is 0.000000396. The van der Waals surface area contributed by atoms with Crippen molar-refractivity contribution in [1.82, 2.24) is 14.8 Å². The zero-order valence-corrected chi connectivity index (χ0v) is 19.3. The zero-order chi connectivity index (χ0) is 22.4. The van der Waals surface area contributed by atoms with E-state index >= 15 is 0 Å². The summed E-state index contributed by atoms with van der Waals surface area (Å²) in [7, 11) is 0. The Labute approximate surface area is 188 Å². The Morgan fingerprint density at radius 1 is 1.20 bits per heavy atom. The normalized spacial score (nSPS) is 12.4. The number of hydrogen-bond acceptors (Lipinski definition) is 4. The molecule has 2 aromatic rings. The highest BCUT2D eigenvalue weighted by Gasteiger charge is 2.33. The van der Waals surface area contributed by atoms with Crippen LogP contribution in [0.1, 0.15) is 48.1 Å². The SMILES string of the molecule is CCN(C=O)CC.CCN1Cc2nc(C)c(CN)c(-c3ccc(Cl)cc3Cl)c2C1=O. The molecule has 2 amide bonds. The summed E-state index contributed by atoms with van der Waals surface area (Å²) in [6.45, 7) is 10.9. The number of amides is 2. The molecule has 0 saturated carbocycles. The van der Waals surface area contributed by atoms with Crippen LogP contribution in [0, 0.1) is 6.92 Å². The maximum absolute atomic E-state index is 12.8. The lowest BCUT2D eigenvalue weighted by Gasteiger charge is -2.16. The van der Waals surface area contributed by atoms with E-state index in [2.05, 4.69) is 4.98 Å². The molecule has 1 aromatic carbocycles. The highest BCUT2D eigenvalue weighted by atomic mass is 35.5. The molecule has 162 valence electrons. The minimum absolute atomic E-state index is 0.0225.